The van der Waals surface area contributed by atoms with Crippen molar-refractivity contribution in [3.63, 3.8) is 0 Å². The molecule has 5 nitrogen and oxygen atoms in total. The molecule has 24 heavy (non-hydrogen) atoms. The Morgan fingerprint density at radius 3 is 2.54 bits per heavy atom. The molecule has 0 unspecified atom stereocenters. The second kappa shape index (κ2) is 7.61. The van der Waals surface area contributed by atoms with Gasteiger partial charge < -0.3 is 5.32 Å². The van der Waals surface area contributed by atoms with Gasteiger partial charge in [0.05, 0.1) is 4.90 Å². The summed E-state index contributed by atoms with van der Waals surface area (Å²) in [6, 6.07) is 11.8. The zero-order chi connectivity index (χ0) is 17.7. The van der Waals surface area contributed by atoms with Crippen LogP contribution in [0.3, 0.4) is 0 Å². The predicted molar refractivity (Wildman–Crippen MR) is 96.5 cm³/mol. The highest BCUT2D eigenvalue weighted by atomic mass is 35.5. The Kier molecular flexibility index (Phi) is 5.77. The quantitative estimate of drug-likeness (QED) is 0.800. The molecule has 0 saturated carbocycles. The van der Waals surface area contributed by atoms with Crippen molar-refractivity contribution < 1.29 is 13.2 Å². The van der Waals surface area contributed by atoms with Crippen LogP contribution < -0.4 is 10.0 Å². The Bertz CT molecular complexity index is 892. The van der Waals surface area contributed by atoms with Crippen molar-refractivity contribution in [3.05, 3.63) is 64.7 Å². The van der Waals surface area contributed by atoms with Crippen molar-refractivity contribution in [1.29, 1.82) is 0 Å². The number of carbonyl (C=O) groups is 1. The lowest BCUT2D eigenvalue weighted by atomic mass is 10.2. The molecule has 2 rings (SSSR count). The number of hydrogen-bond donors (Lipinski definition) is 2. The molecule has 2 aromatic carbocycles. The van der Waals surface area contributed by atoms with E-state index < -0.39 is 10.0 Å². The van der Waals surface area contributed by atoms with E-state index in [2.05, 4.69) is 10.0 Å². The molecular formula is C17H17ClN2O3S. The molecule has 126 valence electrons. The van der Waals surface area contributed by atoms with Gasteiger partial charge in [0, 0.05) is 16.8 Å². The number of hydrogen-bond acceptors (Lipinski definition) is 3. The van der Waals surface area contributed by atoms with Crippen LogP contribution in [0, 0.1) is 6.92 Å². The number of aryl methyl sites for hydroxylation is 1. The summed E-state index contributed by atoms with van der Waals surface area (Å²) in [5, 5.41) is 3.18. The molecule has 0 fully saturated rings. The van der Waals surface area contributed by atoms with Crippen molar-refractivity contribution in [2.45, 2.75) is 11.8 Å². The fourth-order valence-corrected chi connectivity index (χ4v) is 3.23. The summed E-state index contributed by atoms with van der Waals surface area (Å²) < 4.78 is 26.2. The number of benzene rings is 2. The number of anilines is 1. The smallest absolute Gasteiger partial charge is 0.248 e. The maximum Gasteiger partial charge on any atom is 0.248 e. The van der Waals surface area contributed by atoms with Crippen LogP contribution in [0.4, 0.5) is 5.69 Å². The number of rotatable bonds is 5. The van der Waals surface area contributed by atoms with Gasteiger partial charge in [-0.3, -0.25) is 4.79 Å². The van der Waals surface area contributed by atoms with Crippen molar-refractivity contribution in [1.82, 2.24) is 4.72 Å². The lowest BCUT2D eigenvalue weighted by molar-refractivity contribution is -0.111. The fourth-order valence-electron chi connectivity index (χ4n) is 2.04. The molecule has 7 heteroatoms. The molecule has 0 saturated heterocycles. The minimum atomic E-state index is -3.58. The number of amides is 1. The third-order valence-corrected chi connectivity index (χ3v) is 5.23. The third-order valence-electron chi connectivity index (χ3n) is 3.33. The SMILES string of the molecule is CNS(=O)(=O)c1cc(NC(=O)/C=C/c2ccccc2Cl)ccc1C. The summed E-state index contributed by atoms with van der Waals surface area (Å²) in [4.78, 5) is 12.1. The summed E-state index contributed by atoms with van der Waals surface area (Å²) in [5.74, 6) is -0.383. The minimum Gasteiger partial charge on any atom is -0.322 e. The second-order valence-corrected chi connectivity index (χ2v) is 7.29. The highest BCUT2D eigenvalue weighted by Gasteiger charge is 2.15. The summed E-state index contributed by atoms with van der Waals surface area (Å²) in [6.45, 7) is 1.69. The Balaban J connectivity index is 2.18. The average molecular weight is 365 g/mol. The maximum atomic E-state index is 12.0. The van der Waals surface area contributed by atoms with Gasteiger partial charge in [-0.1, -0.05) is 35.9 Å². The summed E-state index contributed by atoms with van der Waals surface area (Å²) in [5.41, 5.74) is 1.70. The lowest BCUT2D eigenvalue weighted by Crippen LogP contribution is -2.20. The molecule has 2 aromatic rings. The molecule has 0 aliphatic carbocycles. The van der Waals surface area contributed by atoms with Crippen molar-refractivity contribution in [3.8, 4) is 0 Å². The van der Waals surface area contributed by atoms with Crippen LogP contribution in [0.2, 0.25) is 5.02 Å². The van der Waals surface area contributed by atoms with Gasteiger partial charge in [-0.15, -0.1) is 0 Å². The van der Waals surface area contributed by atoms with Gasteiger partial charge in [-0.25, -0.2) is 13.1 Å². The monoisotopic (exact) mass is 364 g/mol. The van der Waals surface area contributed by atoms with Crippen molar-refractivity contribution in [2.75, 3.05) is 12.4 Å². The van der Waals surface area contributed by atoms with E-state index in [1.165, 1.54) is 19.2 Å². The van der Waals surface area contributed by atoms with Crippen LogP contribution >= 0.6 is 11.6 Å². The summed E-state index contributed by atoms with van der Waals surface area (Å²) >= 11 is 6.02. The van der Waals surface area contributed by atoms with Crippen LogP contribution in [0.1, 0.15) is 11.1 Å². The van der Waals surface area contributed by atoms with E-state index in [9.17, 15) is 13.2 Å². The van der Waals surface area contributed by atoms with E-state index in [1.54, 1.807) is 43.3 Å². The highest BCUT2D eigenvalue weighted by Crippen LogP contribution is 2.20. The Hall–Kier alpha value is -2.15. The molecule has 0 aromatic heterocycles. The maximum absolute atomic E-state index is 12.0. The first kappa shape index (κ1) is 18.2. The minimum absolute atomic E-state index is 0.123. The predicted octanol–water partition coefficient (Wildman–Crippen LogP) is 3.21. The highest BCUT2D eigenvalue weighted by molar-refractivity contribution is 7.89. The van der Waals surface area contributed by atoms with E-state index in [0.29, 0.717) is 16.3 Å². The van der Waals surface area contributed by atoms with Crippen LogP contribution in [-0.4, -0.2) is 21.4 Å². The van der Waals surface area contributed by atoms with E-state index >= 15 is 0 Å². The van der Waals surface area contributed by atoms with Crippen LogP contribution in [-0.2, 0) is 14.8 Å². The molecule has 0 spiro atoms. The first-order valence-corrected chi connectivity index (χ1v) is 8.97. The van der Waals surface area contributed by atoms with E-state index in [1.807, 2.05) is 6.07 Å². The fraction of sp³-hybridized carbons (Fsp3) is 0.118. The number of halogens is 1. The normalized spacial score (nSPS) is 11.6. The van der Waals surface area contributed by atoms with Crippen LogP contribution in [0.5, 0.6) is 0 Å². The standard InChI is InChI=1S/C17H17ClN2O3S/c1-12-7-9-14(11-16(12)24(22,23)19-2)20-17(21)10-8-13-5-3-4-6-15(13)18/h3-11,19H,1-2H3,(H,20,21)/b10-8+. The van der Waals surface area contributed by atoms with Gasteiger partial charge in [0.25, 0.3) is 0 Å². The van der Waals surface area contributed by atoms with Crippen molar-refractivity contribution >= 4 is 39.3 Å². The molecule has 0 aliphatic rings. The van der Waals surface area contributed by atoms with Gasteiger partial charge >= 0.3 is 0 Å². The van der Waals surface area contributed by atoms with Gasteiger partial charge in [0.15, 0.2) is 0 Å². The van der Waals surface area contributed by atoms with Gasteiger partial charge in [-0.2, -0.15) is 0 Å². The van der Waals surface area contributed by atoms with E-state index in [-0.39, 0.29) is 10.8 Å². The molecular weight excluding hydrogens is 348 g/mol. The number of nitrogens with one attached hydrogen (secondary N) is 2. The summed E-state index contributed by atoms with van der Waals surface area (Å²) in [7, 11) is -2.25. The molecule has 0 atom stereocenters. The third kappa shape index (κ3) is 4.44. The molecule has 0 radical (unpaired) electrons. The molecule has 2 N–H and O–H groups in total. The van der Waals surface area contributed by atoms with Crippen molar-refractivity contribution in [2.24, 2.45) is 0 Å². The second-order valence-electron chi connectivity index (χ2n) is 5.03. The van der Waals surface area contributed by atoms with Gasteiger partial charge in [0.1, 0.15) is 0 Å². The first-order valence-electron chi connectivity index (χ1n) is 7.11. The number of sulfonamides is 1. The Labute approximate surface area is 146 Å². The zero-order valence-corrected chi connectivity index (χ0v) is 14.8. The lowest BCUT2D eigenvalue weighted by Gasteiger charge is -2.09. The van der Waals surface area contributed by atoms with E-state index in [4.69, 9.17) is 11.6 Å². The Morgan fingerprint density at radius 1 is 1.17 bits per heavy atom. The van der Waals surface area contributed by atoms with Gasteiger partial charge in [0.2, 0.25) is 15.9 Å². The summed E-state index contributed by atoms with van der Waals surface area (Å²) in [6.07, 6.45) is 2.93. The molecule has 0 aliphatic heterocycles. The van der Waals surface area contributed by atoms with Crippen LogP contribution in [0.15, 0.2) is 53.4 Å². The average Bonchev–Trinajstić information content (AvgIpc) is 2.55. The van der Waals surface area contributed by atoms with Gasteiger partial charge in [-0.05, 0) is 49.4 Å². The topological polar surface area (TPSA) is 75.3 Å². The zero-order valence-electron chi connectivity index (χ0n) is 13.2. The first-order chi connectivity index (χ1) is 11.3. The Morgan fingerprint density at radius 2 is 1.88 bits per heavy atom. The molecule has 0 heterocycles. The molecule has 0 bridgehead atoms. The van der Waals surface area contributed by atoms with E-state index in [0.717, 1.165) is 5.56 Å². The number of carbonyl (C=O) groups excluding carboxylic acids is 1. The van der Waals surface area contributed by atoms with Crippen LogP contribution in [0.25, 0.3) is 6.08 Å². The molecule has 1 amide bonds. The largest absolute Gasteiger partial charge is 0.322 e.